The standard InChI is InChI=1S/C14H8I4N2O6S/c15-13(16,9-1-5-11(6-2-9)19(21)22)27(25,26)14(17,18)10-3-7-12(8-4-10)20(23)24/h1-8H. The Kier molecular flexibility index (Phi) is 7.33. The molecule has 0 aromatic heterocycles. The molecule has 0 amide bonds. The molecule has 0 bridgehead atoms. The zero-order valence-corrected chi connectivity index (χ0v) is 22.3. The predicted octanol–water partition coefficient (Wildman–Crippen LogP) is 5.58. The lowest BCUT2D eigenvalue weighted by Crippen LogP contribution is -2.34. The van der Waals surface area contributed by atoms with E-state index in [9.17, 15) is 28.6 Å². The summed E-state index contributed by atoms with van der Waals surface area (Å²) in [5, 5.41) is 21.6. The van der Waals surface area contributed by atoms with Crippen molar-refractivity contribution in [2.24, 2.45) is 0 Å². The molecule has 0 fully saturated rings. The summed E-state index contributed by atoms with van der Waals surface area (Å²) < 4.78 is 24.0. The average molecular weight is 840 g/mol. The van der Waals surface area contributed by atoms with Gasteiger partial charge in [0.15, 0.2) is 0 Å². The van der Waals surface area contributed by atoms with Gasteiger partial charge in [0, 0.05) is 24.3 Å². The van der Waals surface area contributed by atoms with Crippen LogP contribution in [-0.4, -0.2) is 18.3 Å². The van der Waals surface area contributed by atoms with Crippen molar-refractivity contribution in [1.29, 1.82) is 0 Å². The molecule has 0 radical (unpaired) electrons. The van der Waals surface area contributed by atoms with Crippen molar-refractivity contribution in [3.05, 3.63) is 79.9 Å². The fourth-order valence-corrected chi connectivity index (χ4v) is 13.7. The molecule has 0 atom stereocenters. The molecule has 2 aromatic carbocycles. The highest BCUT2D eigenvalue weighted by molar-refractivity contribution is 14.2. The number of sulfone groups is 1. The van der Waals surface area contributed by atoms with Crippen LogP contribution in [0, 0.1) is 20.2 Å². The van der Waals surface area contributed by atoms with Crippen LogP contribution in [0.5, 0.6) is 0 Å². The van der Waals surface area contributed by atoms with Crippen LogP contribution in [0.1, 0.15) is 11.1 Å². The number of alkyl halides is 4. The summed E-state index contributed by atoms with van der Waals surface area (Å²) in [6, 6.07) is 10.7. The van der Waals surface area contributed by atoms with E-state index in [-0.39, 0.29) is 11.4 Å². The monoisotopic (exact) mass is 840 g/mol. The summed E-state index contributed by atoms with van der Waals surface area (Å²) in [7, 11) is -3.90. The number of rotatable bonds is 6. The quantitative estimate of drug-likeness (QED) is 0.162. The fraction of sp³-hybridized carbons (Fsp3) is 0.143. The van der Waals surface area contributed by atoms with Gasteiger partial charge in [-0.05, 0) is 126 Å². The van der Waals surface area contributed by atoms with E-state index in [4.69, 9.17) is 0 Å². The second kappa shape index (κ2) is 8.46. The van der Waals surface area contributed by atoms with Gasteiger partial charge in [-0.2, -0.15) is 0 Å². The summed E-state index contributed by atoms with van der Waals surface area (Å²) in [6.07, 6.45) is 0. The molecule has 2 aromatic rings. The molecule has 27 heavy (non-hydrogen) atoms. The zero-order valence-electron chi connectivity index (χ0n) is 12.9. The van der Waals surface area contributed by atoms with Crippen LogP contribution in [0.2, 0.25) is 0 Å². The van der Waals surface area contributed by atoms with Gasteiger partial charge in [0.05, 0.1) is 9.85 Å². The number of hydrogen-bond donors (Lipinski definition) is 0. The van der Waals surface area contributed by atoms with E-state index >= 15 is 0 Å². The largest absolute Gasteiger partial charge is 0.269 e. The van der Waals surface area contributed by atoms with Crippen LogP contribution in [0.25, 0.3) is 0 Å². The Balaban J connectivity index is 2.50. The van der Waals surface area contributed by atoms with E-state index in [0.717, 1.165) is 0 Å². The molecule has 2 rings (SSSR count). The Hall–Kier alpha value is 0.110. The van der Waals surface area contributed by atoms with Crippen LogP contribution >= 0.6 is 90.4 Å². The maximum atomic E-state index is 13.4. The lowest BCUT2D eigenvalue weighted by atomic mass is 10.2. The van der Waals surface area contributed by atoms with E-state index < -0.39 is 21.2 Å². The van der Waals surface area contributed by atoms with Crippen molar-refractivity contribution in [3.8, 4) is 0 Å². The average Bonchev–Trinajstić information content (AvgIpc) is 2.61. The summed E-state index contributed by atoms with van der Waals surface area (Å²) >= 11 is 7.18. The van der Waals surface area contributed by atoms with Crippen molar-refractivity contribution in [1.82, 2.24) is 0 Å². The molecule has 0 unspecified atom stereocenters. The first-order valence-electron chi connectivity index (χ1n) is 6.82. The number of nitrogens with zero attached hydrogens (tertiary/aromatic N) is 2. The maximum Gasteiger partial charge on any atom is 0.269 e. The molecule has 0 aliphatic heterocycles. The van der Waals surface area contributed by atoms with Gasteiger partial charge in [0.25, 0.3) is 11.4 Å². The number of hydrogen-bond acceptors (Lipinski definition) is 6. The molecule has 0 aliphatic rings. The molecular weight excluding hydrogens is 832 g/mol. The van der Waals surface area contributed by atoms with Gasteiger partial charge in [-0.25, -0.2) is 8.42 Å². The molecule has 8 nitrogen and oxygen atoms in total. The van der Waals surface area contributed by atoms with Gasteiger partial charge in [0.2, 0.25) is 11.4 Å². The second-order valence-electron chi connectivity index (χ2n) is 5.14. The lowest BCUT2D eigenvalue weighted by Gasteiger charge is -2.30. The molecule has 13 heteroatoms. The minimum absolute atomic E-state index is 0.134. The van der Waals surface area contributed by atoms with Crippen LogP contribution in [-0.2, 0) is 11.4 Å². The number of halogens is 4. The summed E-state index contributed by atoms with van der Waals surface area (Å²) in [6.45, 7) is 0. The van der Waals surface area contributed by atoms with Crippen LogP contribution in [0.3, 0.4) is 0 Å². The van der Waals surface area contributed by atoms with Gasteiger partial charge in [0.1, 0.15) is 0 Å². The van der Waals surface area contributed by atoms with E-state index in [2.05, 4.69) is 0 Å². The number of nitro benzene ring substituents is 2. The van der Waals surface area contributed by atoms with Gasteiger partial charge in [-0.3, -0.25) is 20.2 Å². The van der Waals surface area contributed by atoms with Crippen molar-refractivity contribution in [2.45, 2.75) is 1.52 Å². The highest BCUT2D eigenvalue weighted by Crippen LogP contribution is 2.58. The van der Waals surface area contributed by atoms with Crippen molar-refractivity contribution in [2.75, 3.05) is 0 Å². The first-order chi connectivity index (χ1) is 12.3. The lowest BCUT2D eigenvalue weighted by molar-refractivity contribution is -0.385. The van der Waals surface area contributed by atoms with E-state index in [1.807, 2.05) is 0 Å². The smallest absolute Gasteiger partial charge is 0.258 e. The van der Waals surface area contributed by atoms with Crippen LogP contribution in [0.15, 0.2) is 48.5 Å². The van der Waals surface area contributed by atoms with Crippen molar-refractivity contribution >= 4 is 112 Å². The maximum absolute atomic E-state index is 13.4. The Labute approximate surface area is 208 Å². The zero-order chi connectivity index (χ0) is 20.6. The van der Waals surface area contributed by atoms with E-state index in [1.54, 1.807) is 90.4 Å². The molecule has 0 N–H and O–H groups in total. The van der Waals surface area contributed by atoms with Gasteiger partial charge >= 0.3 is 0 Å². The van der Waals surface area contributed by atoms with Gasteiger partial charge in [-0.1, -0.05) is 0 Å². The van der Waals surface area contributed by atoms with Gasteiger partial charge < -0.3 is 0 Å². The van der Waals surface area contributed by atoms with E-state index in [1.165, 1.54) is 48.5 Å². The molecule has 144 valence electrons. The highest BCUT2D eigenvalue weighted by Gasteiger charge is 2.53. The Morgan fingerprint density at radius 2 is 0.926 bits per heavy atom. The minimum atomic E-state index is -3.90. The number of non-ortho nitro benzene ring substituents is 2. The Morgan fingerprint density at radius 3 is 1.15 bits per heavy atom. The third-order valence-electron chi connectivity index (χ3n) is 3.50. The molecule has 0 saturated heterocycles. The van der Waals surface area contributed by atoms with E-state index in [0.29, 0.717) is 11.1 Å². The minimum Gasteiger partial charge on any atom is -0.258 e. The third-order valence-corrected chi connectivity index (χ3v) is 14.8. The molecule has 0 aliphatic carbocycles. The first kappa shape index (κ1) is 23.4. The van der Waals surface area contributed by atoms with Crippen LogP contribution in [0.4, 0.5) is 11.4 Å². The predicted molar refractivity (Wildman–Crippen MR) is 135 cm³/mol. The van der Waals surface area contributed by atoms with Crippen LogP contribution < -0.4 is 0 Å². The molecule has 0 saturated carbocycles. The SMILES string of the molecule is O=[N+]([O-])c1ccc(C(I)(I)S(=O)(=O)C(I)(I)c2ccc([N+](=O)[O-])cc2)cc1. The number of benzene rings is 2. The Bertz CT molecular complexity index is 916. The molecular formula is C14H8I4N2O6S. The summed E-state index contributed by atoms with van der Waals surface area (Å²) in [4.78, 5) is 20.5. The Morgan fingerprint density at radius 1 is 0.667 bits per heavy atom. The molecule has 0 spiro atoms. The first-order valence-corrected chi connectivity index (χ1v) is 12.6. The summed E-state index contributed by atoms with van der Waals surface area (Å²) in [5.41, 5.74) is 0.499. The highest BCUT2D eigenvalue weighted by atomic mass is 127. The summed E-state index contributed by atoms with van der Waals surface area (Å²) in [5.74, 6) is 0. The fourth-order valence-electron chi connectivity index (χ4n) is 2.03. The number of nitro groups is 2. The van der Waals surface area contributed by atoms with Crippen molar-refractivity contribution < 1.29 is 18.3 Å². The molecule has 0 heterocycles. The normalized spacial score (nSPS) is 12.6. The third kappa shape index (κ3) is 4.49. The topological polar surface area (TPSA) is 120 Å². The van der Waals surface area contributed by atoms with Crippen molar-refractivity contribution in [3.63, 3.8) is 0 Å². The second-order valence-corrected chi connectivity index (χ2v) is 20.9. The van der Waals surface area contributed by atoms with Gasteiger partial charge in [-0.15, -0.1) is 0 Å².